The van der Waals surface area contributed by atoms with Gasteiger partial charge in [-0.05, 0) is 68.1 Å². The number of imide groups is 1. The summed E-state index contributed by atoms with van der Waals surface area (Å²) < 4.78 is 17.8. The van der Waals surface area contributed by atoms with Crippen molar-refractivity contribution in [3.05, 3.63) is 42.5 Å². The molecule has 9 N–H and O–H groups in total. The molecule has 2 aromatic heterocycles. The number of unbranched alkanes of at least 4 members (excludes halogenated alkanes) is 2. The molecule has 25 heteroatoms. The second-order valence-corrected chi connectivity index (χ2v) is 24.0. The molecule has 0 radical (unpaired) electrons. The monoisotopic (exact) mass is 1230 g/mol. The third-order valence-electron chi connectivity index (χ3n) is 15.5. The third-order valence-corrected chi connectivity index (χ3v) is 17.6. The van der Waals surface area contributed by atoms with Crippen molar-refractivity contribution in [3.8, 4) is 0 Å². The van der Waals surface area contributed by atoms with E-state index in [4.69, 9.17) is 14.2 Å². The van der Waals surface area contributed by atoms with E-state index >= 15 is 0 Å². The normalized spacial score (nSPS) is 24.1. The number of nitrogens with zero attached hydrogens (tertiary/aromatic N) is 5. The predicted molar refractivity (Wildman–Crippen MR) is 303 cm³/mol. The number of fused-ring (bicyclic) bond motifs is 1. The molecule has 3 aromatic rings. The van der Waals surface area contributed by atoms with Crippen LogP contribution in [-0.2, 0) is 49.6 Å². The van der Waals surface area contributed by atoms with Crippen molar-refractivity contribution in [3.63, 3.8) is 0 Å². The van der Waals surface area contributed by atoms with Crippen molar-refractivity contribution in [2.45, 2.75) is 184 Å². The third kappa shape index (κ3) is 15.9. The number of nitrogens with one attached hydrogen (secondary N) is 6. The Labute approximate surface area is 480 Å². The molecule has 1 aromatic carbocycles. The van der Waals surface area contributed by atoms with Crippen LogP contribution in [0.5, 0.6) is 0 Å². The lowest BCUT2D eigenvalue weighted by molar-refractivity contribution is -0.186. The van der Waals surface area contributed by atoms with Crippen molar-refractivity contribution in [2.24, 2.45) is 23.7 Å². The number of aliphatic hydroxyl groups excluding tert-OH is 3. The minimum Gasteiger partial charge on any atom is -0.445 e. The number of likely N-dealkylation sites (tertiary alicyclic amines) is 2. The van der Waals surface area contributed by atoms with Crippen molar-refractivity contribution in [2.75, 3.05) is 36.9 Å². The maximum Gasteiger partial charge on any atom is 0.410 e. The molecule has 3 unspecified atom stereocenters. The van der Waals surface area contributed by atoms with Crippen LogP contribution in [0.25, 0.3) is 11.2 Å². The second kappa shape index (κ2) is 29.4. The van der Waals surface area contributed by atoms with Gasteiger partial charge in [-0.1, -0.05) is 109 Å². The standard InChI is InChI=1S/C55H82IN11O13/c1-9-12-14-34(30(4)5)27-78-37-19-22-67(44(37)51(75)64-42-38(25-68)80-52(46(72)45(42)71)65-48-43-47(58-28-57-43)59-29-60-48)54(77)79-26-33-15-17-35(18-16-33)62-49(73)32(8)61-50(74)41(31(6)7)63-39(69)20-23-66-40(70)24-36(53(66)76)55(56,11-3)21-13-10-2/h15-18,28-32,34,36-38,41-42,44-46,52,68,71-72H,9-14,19-27H2,1-8H3,(H,61,74)(H,62,73)(H,63,69)(H,64,75)(H2,57,58,59,60,65)/t32-,34?,36?,37-,38-,41-,42-,44+,45+,46-,52-,55?/m0/s1. The molecule has 3 fully saturated rings. The first-order valence-corrected chi connectivity index (χ1v) is 29.1. The van der Waals surface area contributed by atoms with Crippen LogP contribution >= 0.6 is 22.6 Å². The van der Waals surface area contributed by atoms with Crippen LogP contribution in [0.3, 0.4) is 0 Å². The number of ether oxygens (including phenoxy) is 3. The van der Waals surface area contributed by atoms with Crippen LogP contribution in [0.1, 0.15) is 125 Å². The van der Waals surface area contributed by atoms with Crippen molar-refractivity contribution >= 4 is 86.8 Å². The molecule has 3 aliphatic heterocycles. The molecule has 12 atom stereocenters. The minimum absolute atomic E-state index is 0.0942. The number of benzene rings is 1. The molecular formula is C55H82IN11O13. The first kappa shape index (κ1) is 63.6. The van der Waals surface area contributed by atoms with E-state index in [-0.39, 0.29) is 77.8 Å². The number of carbonyl (C=O) groups is 7. The summed E-state index contributed by atoms with van der Waals surface area (Å²) in [4.78, 5) is 112. The van der Waals surface area contributed by atoms with Gasteiger partial charge in [0.25, 0.3) is 0 Å². The highest BCUT2D eigenvalue weighted by atomic mass is 127. The zero-order valence-corrected chi connectivity index (χ0v) is 49.3. The Balaban J connectivity index is 1.03. The summed E-state index contributed by atoms with van der Waals surface area (Å²) in [5, 5.41) is 47.0. The van der Waals surface area contributed by atoms with Gasteiger partial charge in [-0.15, -0.1) is 0 Å². The lowest BCUT2D eigenvalue weighted by Crippen LogP contribution is -2.67. The van der Waals surface area contributed by atoms with Gasteiger partial charge in [-0.25, -0.2) is 19.7 Å². The lowest BCUT2D eigenvalue weighted by atomic mass is 9.84. The lowest BCUT2D eigenvalue weighted by Gasteiger charge is -2.43. The summed E-state index contributed by atoms with van der Waals surface area (Å²) in [5.41, 5.74) is 1.67. The van der Waals surface area contributed by atoms with Crippen LogP contribution in [0.4, 0.5) is 16.3 Å². The van der Waals surface area contributed by atoms with Gasteiger partial charge in [0.2, 0.25) is 35.4 Å². The Kier molecular flexibility index (Phi) is 23.4. The zero-order chi connectivity index (χ0) is 58.4. The molecule has 0 bridgehead atoms. The molecule has 0 spiro atoms. The Bertz CT molecular complexity index is 2590. The van der Waals surface area contributed by atoms with Crippen molar-refractivity contribution < 1.29 is 63.1 Å². The number of carbonyl (C=O) groups excluding carboxylic acids is 7. The maximum absolute atomic E-state index is 14.4. The molecule has 80 heavy (non-hydrogen) atoms. The molecule has 6 rings (SSSR count). The van der Waals surface area contributed by atoms with Gasteiger partial charge < -0.3 is 61.1 Å². The molecule has 3 aliphatic rings. The van der Waals surface area contributed by atoms with E-state index in [0.717, 1.165) is 49.8 Å². The summed E-state index contributed by atoms with van der Waals surface area (Å²) in [6.07, 6.45) is 1.90. The number of amides is 7. The van der Waals surface area contributed by atoms with E-state index < -0.39 is 97.1 Å². The highest BCUT2D eigenvalue weighted by Gasteiger charge is 2.51. The second-order valence-electron chi connectivity index (χ2n) is 21.8. The number of aliphatic hydroxyl groups is 3. The Hall–Kier alpha value is -5.61. The number of halogens is 1. The number of imidazole rings is 1. The largest absolute Gasteiger partial charge is 0.445 e. The maximum atomic E-state index is 14.4. The summed E-state index contributed by atoms with van der Waals surface area (Å²) in [6.45, 7) is 14.9. The number of rotatable bonds is 28. The van der Waals surface area contributed by atoms with E-state index in [1.165, 1.54) is 24.5 Å². The highest BCUT2D eigenvalue weighted by molar-refractivity contribution is 14.1. The van der Waals surface area contributed by atoms with Crippen LogP contribution in [0, 0.1) is 23.7 Å². The van der Waals surface area contributed by atoms with Crippen LogP contribution < -0.4 is 26.6 Å². The molecule has 3 saturated heterocycles. The van der Waals surface area contributed by atoms with E-state index in [1.54, 1.807) is 38.1 Å². The fraction of sp³-hybridized carbons (Fsp3) is 0.673. The van der Waals surface area contributed by atoms with Gasteiger partial charge in [0.15, 0.2) is 17.7 Å². The summed E-state index contributed by atoms with van der Waals surface area (Å²) in [7, 11) is 0. The van der Waals surface area contributed by atoms with Gasteiger partial charge in [0.05, 0.1) is 37.6 Å². The van der Waals surface area contributed by atoms with Crippen LogP contribution in [-0.4, -0.2) is 171 Å². The molecule has 0 aliphatic carbocycles. The Morgan fingerprint density at radius 2 is 1.66 bits per heavy atom. The topological polar surface area (TPSA) is 329 Å². The molecule has 5 heterocycles. The first-order valence-electron chi connectivity index (χ1n) is 28.1. The molecule has 24 nitrogen and oxygen atoms in total. The number of hydrogen-bond acceptors (Lipinski definition) is 17. The average Bonchev–Trinajstić information content (AvgIpc) is 4.25. The first-order chi connectivity index (χ1) is 38.1. The Morgan fingerprint density at radius 3 is 2.33 bits per heavy atom. The van der Waals surface area contributed by atoms with Crippen LogP contribution in [0.2, 0.25) is 0 Å². The molecule has 7 amide bonds. The van der Waals surface area contributed by atoms with Crippen molar-refractivity contribution in [1.29, 1.82) is 0 Å². The molecular weight excluding hydrogens is 1150 g/mol. The number of aromatic amines is 1. The summed E-state index contributed by atoms with van der Waals surface area (Å²) in [6, 6.07) is 1.85. The number of hydrogen-bond donors (Lipinski definition) is 9. The number of alkyl halides is 1. The number of anilines is 2. The van der Waals surface area contributed by atoms with Crippen LogP contribution in [0.15, 0.2) is 36.9 Å². The Morgan fingerprint density at radius 1 is 0.938 bits per heavy atom. The van der Waals surface area contributed by atoms with E-state index in [0.29, 0.717) is 29.0 Å². The molecule has 0 saturated carbocycles. The zero-order valence-electron chi connectivity index (χ0n) is 47.1. The average molecular weight is 1230 g/mol. The van der Waals surface area contributed by atoms with Gasteiger partial charge in [0.1, 0.15) is 54.9 Å². The van der Waals surface area contributed by atoms with E-state index in [2.05, 4.69) is 96.8 Å². The van der Waals surface area contributed by atoms with Gasteiger partial charge in [-0.3, -0.25) is 38.6 Å². The fourth-order valence-electron chi connectivity index (χ4n) is 10.4. The van der Waals surface area contributed by atoms with Crippen molar-refractivity contribution in [1.82, 2.24) is 45.7 Å². The SMILES string of the molecule is CCCCC(CO[C@H]1CCN(C(=O)OCc2ccc(NC(=O)[C@H](C)NC(=O)[C@@H](NC(=O)CCN3C(=O)CC(C(I)(CC)CCCC)C3=O)C(C)C)cc2)[C@H]1C(=O)N[C@@H]1[C@@H](O)[C@H](O)[C@@H](Nc2ncnc3nc[nH]c23)O[C@H]1CO)C(C)C. The van der Waals surface area contributed by atoms with Gasteiger partial charge >= 0.3 is 6.09 Å². The van der Waals surface area contributed by atoms with E-state index in [1.807, 2.05) is 6.92 Å². The fourth-order valence-corrected chi connectivity index (χ4v) is 11.2. The quantitative estimate of drug-likeness (QED) is 0.0281. The number of aromatic nitrogens is 4. The van der Waals surface area contributed by atoms with Gasteiger partial charge in [-0.2, -0.15) is 0 Å². The predicted octanol–water partition coefficient (Wildman–Crippen LogP) is 4.07. The summed E-state index contributed by atoms with van der Waals surface area (Å²) >= 11 is 2.32. The minimum atomic E-state index is -1.65. The number of H-pyrrole nitrogens is 1. The van der Waals surface area contributed by atoms with Gasteiger partial charge in [0, 0.05) is 35.0 Å². The summed E-state index contributed by atoms with van der Waals surface area (Å²) in [5.74, 6) is -3.10. The smallest absolute Gasteiger partial charge is 0.410 e. The molecule has 442 valence electrons. The highest BCUT2D eigenvalue weighted by Crippen LogP contribution is 2.43. The van der Waals surface area contributed by atoms with E-state index in [9.17, 15) is 48.9 Å².